The predicted molar refractivity (Wildman–Crippen MR) is 51.8 cm³/mol. The van der Waals surface area contributed by atoms with Crippen LogP contribution in [0.1, 0.15) is 24.6 Å². The summed E-state index contributed by atoms with van der Waals surface area (Å²) in [5, 5.41) is 11.6. The summed E-state index contributed by atoms with van der Waals surface area (Å²) in [6.07, 6.45) is 3.94. The molecule has 14 heavy (non-hydrogen) atoms. The van der Waals surface area contributed by atoms with Crippen molar-refractivity contribution in [2.45, 2.75) is 25.0 Å². The molecule has 2 atom stereocenters. The van der Waals surface area contributed by atoms with Crippen molar-refractivity contribution in [3.05, 3.63) is 11.9 Å². The first-order chi connectivity index (χ1) is 6.79. The highest BCUT2D eigenvalue weighted by atomic mass is 16.5. The van der Waals surface area contributed by atoms with E-state index in [1.807, 2.05) is 14.1 Å². The third-order valence-electron chi connectivity index (χ3n) is 2.64. The van der Waals surface area contributed by atoms with Crippen LogP contribution >= 0.6 is 0 Å². The predicted octanol–water partition coefficient (Wildman–Crippen LogP) is 0.255. The van der Waals surface area contributed by atoms with Crippen molar-refractivity contribution in [2.75, 3.05) is 13.7 Å². The van der Waals surface area contributed by atoms with Gasteiger partial charge in [-0.2, -0.15) is 15.0 Å². The molecular formula is C9H16N4O. The number of aryl methyl sites for hydroxylation is 1. The van der Waals surface area contributed by atoms with Crippen LogP contribution in [0, 0.1) is 0 Å². The highest BCUT2D eigenvalue weighted by Crippen LogP contribution is 2.25. The first kappa shape index (κ1) is 9.61. The third kappa shape index (κ3) is 1.93. The first-order valence-corrected chi connectivity index (χ1v) is 4.94. The third-order valence-corrected chi connectivity index (χ3v) is 2.64. The number of aromatic nitrogens is 3. The van der Waals surface area contributed by atoms with Crippen molar-refractivity contribution in [2.24, 2.45) is 7.05 Å². The lowest BCUT2D eigenvalue weighted by molar-refractivity contribution is -0.00123. The van der Waals surface area contributed by atoms with E-state index in [1.165, 1.54) is 0 Å². The molecule has 0 radical (unpaired) electrons. The first-order valence-electron chi connectivity index (χ1n) is 4.94. The van der Waals surface area contributed by atoms with Gasteiger partial charge in [-0.25, -0.2) is 0 Å². The number of rotatable bonds is 2. The van der Waals surface area contributed by atoms with E-state index in [-0.39, 0.29) is 6.10 Å². The van der Waals surface area contributed by atoms with Crippen molar-refractivity contribution < 1.29 is 4.74 Å². The van der Waals surface area contributed by atoms with Crippen LogP contribution in [0.4, 0.5) is 0 Å². The lowest BCUT2D eigenvalue weighted by Gasteiger charge is -2.27. The molecule has 1 N–H and O–H groups in total. The molecule has 2 heterocycles. The second-order valence-corrected chi connectivity index (χ2v) is 3.63. The quantitative estimate of drug-likeness (QED) is 0.737. The Morgan fingerprint density at radius 2 is 2.50 bits per heavy atom. The van der Waals surface area contributed by atoms with E-state index in [0.29, 0.717) is 6.04 Å². The van der Waals surface area contributed by atoms with Gasteiger partial charge in [0.1, 0.15) is 11.8 Å². The molecule has 1 aliphatic rings. The molecule has 0 aliphatic carbocycles. The molecule has 0 saturated carbocycles. The number of ether oxygens (including phenoxy) is 1. The standard InChI is InChI=1S/C9H16N4O/c1-10-7-3-4-14-9(5-7)8-6-11-13(2)12-8/h6-7,9-10H,3-5H2,1-2H3. The van der Waals surface area contributed by atoms with Gasteiger partial charge in [0.25, 0.3) is 0 Å². The van der Waals surface area contributed by atoms with Crippen LogP contribution in [0.5, 0.6) is 0 Å². The zero-order valence-corrected chi connectivity index (χ0v) is 8.60. The maximum atomic E-state index is 5.65. The second-order valence-electron chi connectivity index (χ2n) is 3.63. The van der Waals surface area contributed by atoms with E-state index in [1.54, 1.807) is 11.0 Å². The summed E-state index contributed by atoms with van der Waals surface area (Å²) in [6.45, 7) is 0.798. The molecule has 0 amide bonds. The van der Waals surface area contributed by atoms with E-state index in [0.717, 1.165) is 25.1 Å². The van der Waals surface area contributed by atoms with Crippen LogP contribution in [0.25, 0.3) is 0 Å². The molecule has 0 aromatic carbocycles. The monoisotopic (exact) mass is 196 g/mol. The Hall–Kier alpha value is -0.940. The molecule has 1 saturated heterocycles. The van der Waals surface area contributed by atoms with Gasteiger partial charge in [-0.1, -0.05) is 0 Å². The van der Waals surface area contributed by atoms with Crippen molar-refractivity contribution in [1.82, 2.24) is 20.3 Å². The second kappa shape index (κ2) is 4.06. The maximum Gasteiger partial charge on any atom is 0.112 e. The Kier molecular flexibility index (Phi) is 2.79. The highest BCUT2D eigenvalue weighted by molar-refractivity contribution is 4.99. The zero-order valence-electron chi connectivity index (χ0n) is 8.60. The van der Waals surface area contributed by atoms with Gasteiger partial charge in [0, 0.05) is 19.7 Å². The van der Waals surface area contributed by atoms with Crippen LogP contribution in [-0.4, -0.2) is 34.7 Å². The largest absolute Gasteiger partial charge is 0.372 e. The van der Waals surface area contributed by atoms with Crippen molar-refractivity contribution in [3.8, 4) is 0 Å². The Bertz CT molecular complexity index is 299. The van der Waals surface area contributed by atoms with Gasteiger partial charge in [-0.15, -0.1) is 0 Å². The van der Waals surface area contributed by atoms with E-state index in [2.05, 4.69) is 15.5 Å². The molecule has 1 fully saturated rings. The highest BCUT2D eigenvalue weighted by Gasteiger charge is 2.24. The fourth-order valence-corrected chi connectivity index (χ4v) is 1.77. The Morgan fingerprint density at radius 3 is 3.14 bits per heavy atom. The van der Waals surface area contributed by atoms with E-state index in [9.17, 15) is 0 Å². The number of hydrogen-bond donors (Lipinski definition) is 1. The van der Waals surface area contributed by atoms with Crippen LogP contribution in [0.15, 0.2) is 6.20 Å². The molecule has 2 unspecified atom stereocenters. The van der Waals surface area contributed by atoms with Gasteiger partial charge in [0.15, 0.2) is 0 Å². The molecule has 1 aliphatic heterocycles. The fourth-order valence-electron chi connectivity index (χ4n) is 1.77. The summed E-state index contributed by atoms with van der Waals surface area (Å²) in [4.78, 5) is 1.57. The SMILES string of the molecule is CNC1CCOC(c2cnn(C)n2)C1. The molecule has 5 heteroatoms. The van der Waals surface area contributed by atoms with E-state index in [4.69, 9.17) is 4.74 Å². The Morgan fingerprint density at radius 1 is 1.64 bits per heavy atom. The molecule has 0 spiro atoms. The normalized spacial score (nSPS) is 27.9. The minimum absolute atomic E-state index is 0.106. The maximum absolute atomic E-state index is 5.65. The van der Waals surface area contributed by atoms with Gasteiger partial charge in [0.2, 0.25) is 0 Å². The number of nitrogens with one attached hydrogen (secondary N) is 1. The summed E-state index contributed by atoms with van der Waals surface area (Å²) >= 11 is 0. The minimum Gasteiger partial charge on any atom is -0.372 e. The number of hydrogen-bond acceptors (Lipinski definition) is 4. The minimum atomic E-state index is 0.106. The fraction of sp³-hybridized carbons (Fsp3) is 0.778. The van der Waals surface area contributed by atoms with Crippen molar-refractivity contribution in [3.63, 3.8) is 0 Å². The van der Waals surface area contributed by atoms with Crippen LogP contribution < -0.4 is 5.32 Å². The Labute approximate surface area is 83.4 Å². The number of nitrogens with zero attached hydrogens (tertiary/aromatic N) is 3. The summed E-state index contributed by atoms with van der Waals surface area (Å²) in [5.74, 6) is 0. The molecule has 0 bridgehead atoms. The molecule has 2 rings (SSSR count). The summed E-state index contributed by atoms with van der Waals surface area (Å²) in [5.41, 5.74) is 0.937. The topological polar surface area (TPSA) is 52.0 Å². The van der Waals surface area contributed by atoms with Crippen LogP contribution in [0.2, 0.25) is 0 Å². The van der Waals surface area contributed by atoms with E-state index >= 15 is 0 Å². The zero-order chi connectivity index (χ0) is 9.97. The van der Waals surface area contributed by atoms with Crippen LogP contribution in [-0.2, 0) is 11.8 Å². The lowest BCUT2D eigenvalue weighted by Crippen LogP contribution is -2.33. The molecule has 78 valence electrons. The van der Waals surface area contributed by atoms with Gasteiger partial charge in [0.05, 0.1) is 6.20 Å². The molecule has 1 aromatic rings. The van der Waals surface area contributed by atoms with Crippen molar-refractivity contribution >= 4 is 0 Å². The molecular weight excluding hydrogens is 180 g/mol. The smallest absolute Gasteiger partial charge is 0.112 e. The van der Waals surface area contributed by atoms with Crippen molar-refractivity contribution in [1.29, 1.82) is 0 Å². The summed E-state index contributed by atoms with van der Waals surface area (Å²) < 4.78 is 5.65. The van der Waals surface area contributed by atoms with Gasteiger partial charge in [-0.3, -0.25) is 0 Å². The summed E-state index contributed by atoms with van der Waals surface area (Å²) in [7, 11) is 3.81. The molecule has 5 nitrogen and oxygen atoms in total. The lowest BCUT2D eigenvalue weighted by atomic mass is 10.0. The Balaban J connectivity index is 2.04. The average Bonchev–Trinajstić information content (AvgIpc) is 2.65. The summed E-state index contributed by atoms with van der Waals surface area (Å²) in [6, 6.07) is 0.538. The van der Waals surface area contributed by atoms with Gasteiger partial charge in [-0.05, 0) is 19.9 Å². The molecule has 1 aromatic heterocycles. The van der Waals surface area contributed by atoms with Crippen LogP contribution in [0.3, 0.4) is 0 Å². The average molecular weight is 196 g/mol. The van der Waals surface area contributed by atoms with Gasteiger partial charge < -0.3 is 10.1 Å². The van der Waals surface area contributed by atoms with Gasteiger partial charge >= 0.3 is 0 Å². The van der Waals surface area contributed by atoms with E-state index < -0.39 is 0 Å².